The van der Waals surface area contributed by atoms with Gasteiger partial charge in [0.25, 0.3) is 5.69 Å². The van der Waals surface area contributed by atoms with E-state index in [0.717, 1.165) is 51.1 Å². The van der Waals surface area contributed by atoms with Crippen molar-refractivity contribution in [1.82, 2.24) is 4.90 Å². The number of nitrogens with zero attached hydrogens (tertiary/aromatic N) is 3. The van der Waals surface area contributed by atoms with E-state index in [4.69, 9.17) is 0 Å². The summed E-state index contributed by atoms with van der Waals surface area (Å²) >= 11 is 0. The Kier molecular flexibility index (Phi) is 5.59. The Balaban J connectivity index is 1.39. The number of piperidine rings is 2. The molecule has 0 amide bonds. The number of likely N-dealkylation sites (tertiary alicyclic amines) is 1. The van der Waals surface area contributed by atoms with Crippen LogP contribution in [0.25, 0.3) is 0 Å². The van der Waals surface area contributed by atoms with Crippen LogP contribution < -0.4 is 4.90 Å². The smallest absolute Gasteiger partial charge is 0.269 e. The van der Waals surface area contributed by atoms with Crippen LogP contribution in [0, 0.1) is 10.1 Å². The van der Waals surface area contributed by atoms with Crippen molar-refractivity contribution in [3.63, 3.8) is 0 Å². The summed E-state index contributed by atoms with van der Waals surface area (Å²) < 4.78 is 0. The lowest BCUT2D eigenvalue weighted by Crippen LogP contribution is -2.57. The lowest BCUT2D eigenvalue weighted by Gasteiger charge is -2.45. The summed E-state index contributed by atoms with van der Waals surface area (Å²) in [5, 5.41) is 21.5. The van der Waals surface area contributed by atoms with Crippen molar-refractivity contribution < 1.29 is 10.0 Å². The molecule has 148 valence electrons. The first-order valence-electron chi connectivity index (χ1n) is 10.1. The fourth-order valence-electron chi connectivity index (χ4n) is 4.59. The molecule has 2 aromatic carbocycles. The third kappa shape index (κ3) is 4.03. The second kappa shape index (κ2) is 8.29. The highest BCUT2D eigenvalue weighted by atomic mass is 16.6. The van der Waals surface area contributed by atoms with Crippen LogP contribution in [0.4, 0.5) is 11.4 Å². The zero-order valence-electron chi connectivity index (χ0n) is 16.0. The second-order valence-electron chi connectivity index (χ2n) is 7.86. The molecule has 2 heterocycles. The molecule has 0 bridgehead atoms. The average Bonchev–Trinajstić information content (AvgIpc) is 2.75. The summed E-state index contributed by atoms with van der Waals surface area (Å²) in [7, 11) is 0. The van der Waals surface area contributed by atoms with E-state index in [1.807, 2.05) is 12.1 Å². The number of hydrogen-bond donors (Lipinski definition) is 1. The summed E-state index contributed by atoms with van der Waals surface area (Å²) in [6, 6.07) is 17.6. The third-order valence-electron chi connectivity index (χ3n) is 6.24. The van der Waals surface area contributed by atoms with Crippen molar-refractivity contribution >= 4 is 11.4 Å². The van der Waals surface area contributed by atoms with E-state index in [9.17, 15) is 15.2 Å². The number of aliphatic hydroxyl groups is 1. The van der Waals surface area contributed by atoms with E-state index in [1.54, 1.807) is 12.1 Å². The van der Waals surface area contributed by atoms with Crippen molar-refractivity contribution in [1.29, 1.82) is 0 Å². The molecule has 2 aliphatic rings. The van der Waals surface area contributed by atoms with Gasteiger partial charge in [-0.1, -0.05) is 30.3 Å². The van der Waals surface area contributed by atoms with Gasteiger partial charge in [-0.15, -0.1) is 0 Å². The number of hydrogen-bond acceptors (Lipinski definition) is 5. The molecule has 1 N–H and O–H groups in total. The molecule has 6 heteroatoms. The maximum Gasteiger partial charge on any atom is 0.269 e. The Hall–Kier alpha value is -2.44. The number of nitro groups is 1. The van der Waals surface area contributed by atoms with Gasteiger partial charge in [0.1, 0.15) is 0 Å². The number of nitro benzene ring substituents is 1. The van der Waals surface area contributed by atoms with Crippen molar-refractivity contribution in [3.8, 4) is 0 Å². The molecule has 28 heavy (non-hydrogen) atoms. The second-order valence-corrected chi connectivity index (χ2v) is 7.86. The Morgan fingerprint density at radius 1 is 0.929 bits per heavy atom. The first-order chi connectivity index (χ1) is 13.6. The van der Waals surface area contributed by atoms with Crippen molar-refractivity contribution in [2.45, 2.75) is 37.3 Å². The van der Waals surface area contributed by atoms with Gasteiger partial charge in [0.2, 0.25) is 0 Å². The predicted molar refractivity (Wildman–Crippen MR) is 110 cm³/mol. The van der Waals surface area contributed by atoms with Gasteiger partial charge in [0, 0.05) is 30.9 Å². The molecule has 0 radical (unpaired) electrons. The highest BCUT2D eigenvalue weighted by molar-refractivity contribution is 5.51. The number of non-ortho nitro benzene ring substituents is 1. The standard InChI is InChI=1S/C22H27N3O3/c26-22-12-15-24(19-6-8-20(9-7-19)25(27)28)16-21(22)23-13-10-18(11-14-23)17-4-2-1-3-5-17/h1-9,18,21-22,26H,10-16H2. The number of rotatable bonds is 4. The maximum absolute atomic E-state index is 10.9. The molecule has 2 aliphatic heterocycles. The minimum absolute atomic E-state index is 0.111. The Labute approximate surface area is 165 Å². The minimum Gasteiger partial charge on any atom is -0.391 e. The Morgan fingerprint density at radius 3 is 2.25 bits per heavy atom. The molecule has 0 aromatic heterocycles. The number of aliphatic hydroxyl groups excluding tert-OH is 1. The first-order valence-corrected chi connectivity index (χ1v) is 10.1. The SMILES string of the molecule is O=[N+]([O-])c1ccc(N2CCC(O)C(N3CCC(c4ccccc4)CC3)C2)cc1. The van der Waals surface area contributed by atoms with Crippen molar-refractivity contribution in [2.24, 2.45) is 0 Å². The van der Waals surface area contributed by atoms with Gasteiger partial charge >= 0.3 is 0 Å². The zero-order valence-corrected chi connectivity index (χ0v) is 16.0. The average molecular weight is 381 g/mol. The quantitative estimate of drug-likeness (QED) is 0.649. The van der Waals surface area contributed by atoms with E-state index >= 15 is 0 Å². The van der Waals surface area contributed by atoms with Gasteiger partial charge in [-0.25, -0.2) is 0 Å². The lowest BCUT2D eigenvalue weighted by molar-refractivity contribution is -0.384. The number of benzene rings is 2. The molecule has 2 aromatic rings. The van der Waals surface area contributed by atoms with Gasteiger partial charge < -0.3 is 10.0 Å². The van der Waals surface area contributed by atoms with Gasteiger partial charge in [-0.3, -0.25) is 15.0 Å². The molecule has 0 aliphatic carbocycles. The normalized spacial score (nSPS) is 24.2. The Bertz CT molecular complexity index is 788. The number of anilines is 1. The van der Waals surface area contributed by atoms with Crippen LogP contribution in [-0.2, 0) is 0 Å². The lowest BCUT2D eigenvalue weighted by atomic mass is 9.88. The molecule has 6 nitrogen and oxygen atoms in total. The highest BCUT2D eigenvalue weighted by Gasteiger charge is 2.34. The summed E-state index contributed by atoms with van der Waals surface area (Å²) in [6.45, 7) is 3.52. The highest BCUT2D eigenvalue weighted by Crippen LogP contribution is 2.31. The van der Waals surface area contributed by atoms with Crippen LogP contribution in [0.15, 0.2) is 54.6 Å². The fourth-order valence-corrected chi connectivity index (χ4v) is 4.59. The Morgan fingerprint density at radius 2 is 1.61 bits per heavy atom. The van der Waals surface area contributed by atoms with Gasteiger partial charge in [-0.05, 0) is 56.0 Å². The van der Waals surface area contributed by atoms with E-state index in [1.165, 1.54) is 5.56 Å². The summed E-state index contributed by atoms with van der Waals surface area (Å²) in [6.07, 6.45) is 2.64. The fraction of sp³-hybridized carbons (Fsp3) is 0.455. The van der Waals surface area contributed by atoms with Crippen LogP contribution in [0.5, 0.6) is 0 Å². The van der Waals surface area contributed by atoms with Crippen LogP contribution in [0.2, 0.25) is 0 Å². The van der Waals surface area contributed by atoms with Gasteiger partial charge in [0.05, 0.1) is 17.1 Å². The topological polar surface area (TPSA) is 69.8 Å². The summed E-state index contributed by atoms with van der Waals surface area (Å²) in [5.74, 6) is 0.601. The van der Waals surface area contributed by atoms with E-state index in [-0.39, 0.29) is 22.8 Å². The molecular weight excluding hydrogens is 354 g/mol. The molecule has 0 saturated carbocycles. The molecule has 2 unspecified atom stereocenters. The summed E-state index contributed by atoms with van der Waals surface area (Å²) in [5.41, 5.74) is 2.51. The van der Waals surface area contributed by atoms with E-state index < -0.39 is 0 Å². The van der Waals surface area contributed by atoms with Crippen molar-refractivity contribution in [2.75, 3.05) is 31.1 Å². The molecule has 2 saturated heterocycles. The molecule has 0 spiro atoms. The minimum atomic E-state index is -0.372. The van der Waals surface area contributed by atoms with E-state index in [2.05, 4.69) is 40.1 Å². The largest absolute Gasteiger partial charge is 0.391 e. The third-order valence-corrected chi connectivity index (χ3v) is 6.24. The van der Waals surface area contributed by atoms with Crippen molar-refractivity contribution in [3.05, 3.63) is 70.3 Å². The zero-order chi connectivity index (χ0) is 19.5. The van der Waals surface area contributed by atoms with E-state index in [0.29, 0.717) is 5.92 Å². The monoisotopic (exact) mass is 381 g/mol. The molecule has 2 atom stereocenters. The molecular formula is C22H27N3O3. The van der Waals surface area contributed by atoms with Crippen LogP contribution in [-0.4, -0.2) is 53.3 Å². The van der Waals surface area contributed by atoms with Gasteiger partial charge in [0.15, 0.2) is 0 Å². The molecule has 4 rings (SSSR count). The van der Waals surface area contributed by atoms with Gasteiger partial charge in [-0.2, -0.15) is 0 Å². The summed E-state index contributed by atoms with van der Waals surface area (Å²) in [4.78, 5) is 15.2. The first kappa shape index (κ1) is 18.9. The van der Waals surface area contributed by atoms with Crippen LogP contribution in [0.3, 0.4) is 0 Å². The predicted octanol–water partition coefficient (Wildman–Crippen LogP) is 3.41. The van der Waals surface area contributed by atoms with Crippen LogP contribution in [0.1, 0.15) is 30.7 Å². The maximum atomic E-state index is 10.9. The van der Waals surface area contributed by atoms with Crippen LogP contribution >= 0.6 is 0 Å². The molecule has 2 fully saturated rings.